The minimum atomic E-state index is -1.47. The zero-order chi connectivity index (χ0) is 54.1. The van der Waals surface area contributed by atoms with E-state index in [1.54, 1.807) is 49.7 Å². The van der Waals surface area contributed by atoms with Crippen molar-refractivity contribution in [1.29, 1.82) is 0 Å². The fourth-order valence-electron chi connectivity index (χ4n) is 9.74. The Morgan fingerprint density at radius 2 is 1.64 bits per heavy atom. The SMILES string of the molecule is COCCOCCOCCOC[C@]1(C)CC=C(c2nccc(COc3ccc4cc3C[C@H](C(=O)O)Oc3ncnc5sc(-c6ccc(F)cc6)c(c35)-c3c(C)c(Cl)c(c(Cl)c3C)O[C@H](CN3CCN(C)CC3)CO4)n2)CC1. The van der Waals surface area contributed by atoms with Gasteiger partial charge < -0.3 is 47.9 Å². The molecular formula is C57H65Cl2FN6O10S. The first kappa shape index (κ1) is 56.2. The maximum Gasteiger partial charge on any atom is 0.345 e. The van der Waals surface area contributed by atoms with Gasteiger partial charge in [0, 0.05) is 68.5 Å². The summed E-state index contributed by atoms with van der Waals surface area (Å²) in [5.41, 5.74) is 5.43. The second-order valence-corrected chi connectivity index (χ2v) is 21.8. The summed E-state index contributed by atoms with van der Waals surface area (Å²) in [7, 11) is 3.75. The molecule has 16 nitrogen and oxygen atoms in total. The number of fused-ring (bicyclic) bond motifs is 7. The van der Waals surface area contributed by atoms with E-state index in [-0.39, 0.29) is 30.9 Å². The summed E-state index contributed by atoms with van der Waals surface area (Å²) in [4.78, 5) is 38.1. The number of aliphatic carboxylic acids is 1. The molecule has 6 heterocycles. The number of halogens is 3. The van der Waals surface area contributed by atoms with Crippen LogP contribution in [0.25, 0.3) is 37.4 Å². The van der Waals surface area contributed by atoms with E-state index in [0.717, 1.165) is 51.0 Å². The molecular weight excluding hydrogens is 1050 g/mol. The van der Waals surface area contributed by atoms with Crippen molar-refractivity contribution in [2.24, 2.45) is 5.41 Å². The predicted molar refractivity (Wildman–Crippen MR) is 294 cm³/mol. The number of hydrogen-bond acceptors (Lipinski definition) is 16. The van der Waals surface area contributed by atoms with Crippen molar-refractivity contribution in [2.45, 2.75) is 65.3 Å². The smallest absolute Gasteiger partial charge is 0.345 e. The van der Waals surface area contributed by atoms with E-state index in [4.69, 9.17) is 66.1 Å². The Labute approximate surface area is 462 Å². The van der Waals surface area contributed by atoms with Crippen molar-refractivity contribution in [1.82, 2.24) is 29.7 Å². The molecule has 0 unspecified atom stereocenters. The first-order chi connectivity index (χ1) is 37.3. The third-order valence-electron chi connectivity index (χ3n) is 14.2. The third kappa shape index (κ3) is 13.8. The number of carboxylic acid groups (broad SMARTS) is 1. The van der Waals surface area contributed by atoms with Crippen LogP contribution < -0.4 is 18.9 Å². The predicted octanol–water partition coefficient (Wildman–Crippen LogP) is 10.2. The van der Waals surface area contributed by atoms with Crippen molar-refractivity contribution in [3.05, 3.63) is 111 Å². The standard InChI is InChI=1S/C57H65Cl2FN6O10S/c1-35-46-36(2)50(59)51(49(35)58)75-43(30-66-20-18-65(4)19-21-66)32-73-42-10-11-44(39(28-42)29-45(56(67)68)76-54-48-47(46)52(77-55(48)63-34-62-54)37-6-8-40(60)9-7-37)74-31-41-14-17-61-53(64-41)38-12-15-57(3,16-13-38)33-72-27-26-71-25-24-70-23-22-69-5/h6-12,14,17,28,34,43,45H,13,15-16,18-27,29-33H2,1-5H3,(H,67,68)/t43-,45-,57-/m1/s1. The quantitative estimate of drug-likeness (QED) is 0.0760. The lowest BCUT2D eigenvalue weighted by atomic mass is 9.77. The lowest BCUT2D eigenvalue weighted by Crippen LogP contribution is -2.49. The normalized spacial score (nSPS) is 19.3. The molecule has 1 saturated heterocycles. The van der Waals surface area contributed by atoms with Crippen LogP contribution >= 0.6 is 34.5 Å². The van der Waals surface area contributed by atoms with Crippen LogP contribution in [-0.2, 0) is 36.8 Å². The van der Waals surface area contributed by atoms with Crippen molar-refractivity contribution in [3.63, 3.8) is 0 Å². The van der Waals surface area contributed by atoms with Gasteiger partial charge in [0.2, 0.25) is 12.0 Å². The highest BCUT2D eigenvalue weighted by molar-refractivity contribution is 7.22. The monoisotopic (exact) mass is 1110 g/mol. The number of ether oxygens (including phenoxy) is 8. The fraction of sp³-hybridized carbons (Fsp3) is 0.456. The van der Waals surface area contributed by atoms with Crippen LogP contribution in [0.5, 0.6) is 23.1 Å². The molecule has 10 rings (SSSR count). The molecule has 6 aromatic rings. The topological polar surface area (TPSA) is 169 Å². The van der Waals surface area contributed by atoms with Crippen molar-refractivity contribution in [2.75, 3.05) is 99.7 Å². The van der Waals surface area contributed by atoms with Gasteiger partial charge in [-0.2, -0.15) is 0 Å². The van der Waals surface area contributed by atoms with Gasteiger partial charge in [-0.1, -0.05) is 48.3 Å². The van der Waals surface area contributed by atoms with Crippen LogP contribution in [0.3, 0.4) is 0 Å². The second-order valence-electron chi connectivity index (χ2n) is 20.0. The zero-order valence-electron chi connectivity index (χ0n) is 44.1. The second kappa shape index (κ2) is 25.9. The molecule has 77 heavy (non-hydrogen) atoms. The highest BCUT2D eigenvalue weighted by atomic mass is 35.5. The molecule has 1 fully saturated rings. The first-order valence-corrected chi connectivity index (χ1v) is 27.5. The molecule has 1 aliphatic carbocycles. The maximum atomic E-state index is 14.4. The molecule has 0 spiro atoms. The summed E-state index contributed by atoms with van der Waals surface area (Å²) in [6.07, 6.45) is 5.60. The van der Waals surface area contributed by atoms with Crippen molar-refractivity contribution < 1.29 is 52.2 Å². The van der Waals surface area contributed by atoms with Crippen LogP contribution in [0.15, 0.2) is 67.1 Å². The van der Waals surface area contributed by atoms with Crippen LogP contribution in [0.2, 0.25) is 10.0 Å². The summed E-state index contributed by atoms with van der Waals surface area (Å²) < 4.78 is 63.0. The summed E-state index contributed by atoms with van der Waals surface area (Å²) in [6, 6.07) is 13.3. The Morgan fingerprint density at radius 1 is 0.909 bits per heavy atom. The number of thiophene rings is 1. The molecule has 20 heteroatoms. The van der Waals surface area contributed by atoms with E-state index in [9.17, 15) is 14.3 Å². The van der Waals surface area contributed by atoms with Crippen LogP contribution in [-0.4, -0.2) is 153 Å². The number of rotatable bonds is 19. The molecule has 3 aromatic heterocycles. The molecule has 1 N–H and O–H groups in total. The zero-order valence-corrected chi connectivity index (χ0v) is 46.4. The molecule has 0 amide bonds. The van der Waals surface area contributed by atoms with Gasteiger partial charge in [0.15, 0.2) is 11.6 Å². The lowest BCUT2D eigenvalue weighted by molar-refractivity contribution is -0.145. The van der Waals surface area contributed by atoms with E-state index in [0.29, 0.717) is 140 Å². The number of carboxylic acids is 1. The van der Waals surface area contributed by atoms with Gasteiger partial charge in [-0.05, 0) is 110 Å². The van der Waals surface area contributed by atoms with Gasteiger partial charge in [0.25, 0.3) is 0 Å². The summed E-state index contributed by atoms with van der Waals surface area (Å²) in [6.45, 7) is 13.9. The van der Waals surface area contributed by atoms with Gasteiger partial charge in [0.05, 0.1) is 67.4 Å². The largest absolute Gasteiger partial charge is 0.490 e. The molecule has 3 aromatic carbocycles. The first-order valence-electron chi connectivity index (χ1n) is 25.9. The number of carbonyl (C=O) groups is 1. The molecule has 3 aliphatic heterocycles. The van der Waals surface area contributed by atoms with Gasteiger partial charge in [0.1, 0.15) is 47.8 Å². The Morgan fingerprint density at radius 3 is 2.34 bits per heavy atom. The van der Waals surface area contributed by atoms with Gasteiger partial charge in [-0.25, -0.2) is 29.1 Å². The highest BCUT2D eigenvalue weighted by Crippen LogP contribution is 2.53. The van der Waals surface area contributed by atoms with Crippen molar-refractivity contribution in [3.8, 4) is 44.7 Å². The Bertz CT molecular complexity index is 3020. The number of methoxy groups -OCH3 is 1. The number of hydrogen-bond donors (Lipinski definition) is 1. The molecule has 4 bridgehead atoms. The average molecular weight is 1120 g/mol. The van der Waals surface area contributed by atoms with Crippen LogP contribution in [0.1, 0.15) is 54.4 Å². The molecule has 0 radical (unpaired) electrons. The minimum absolute atomic E-state index is 0.0271. The van der Waals surface area contributed by atoms with Gasteiger partial charge >= 0.3 is 5.97 Å². The minimum Gasteiger partial charge on any atom is -0.490 e. The number of allylic oxidation sites excluding steroid dienone is 2. The maximum absolute atomic E-state index is 14.4. The van der Waals surface area contributed by atoms with Crippen molar-refractivity contribution >= 4 is 56.3 Å². The third-order valence-corrected chi connectivity index (χ3v) is 16.3. The van der Waals surface area contributed by atoms with E-state index in [1.165, 1.54) is 29.8 Å². The number of likely N-dealkylation sites (N-methyl/N-ethyl adjacent to an activating group) is 1. The summed E-state index contributed by atoms with van der Waals surface area (Å²) in [5.74, 6) is 0.207. The summed E-state index contributed by atoms with van der Waals surface area (Å²) >= 11 is 16.1. The highest BCUT2D eigenvalue weighted by Gasteiger charge is 2.33. The van der Waals surface area contributed by atoms with E-state index < -0.39 is 24.0 Å². The van der Waals surface area contributed by atoms with E-state index in [1.807, 2.05) is 13.8 Å². The number of nitrogens with zero attached hydrogens (tertiary/aromatic N) is 6. The van der Waals surface area contributed by atoms with Gasteiger partial charge in [-0.15, -0.1) is 11.3 Å². The Kier molecular flexibility index (Phi) is 18.9. The molecule has 0 saturated carbocycles. The Balaban J connectivity index is 1.00. The molecule has 410 valence electrons. The Hall–Kier alpha value is -5.54. The van der Waals surface area contributed by atoms with Crippen LogP contribution in [0.4, 0.5) is 4.39 Å². The van der Waals surface area contributed by atoms with Crippen LogP contribution in [0, 0.1) is 25.1 Å². The average Bonchev–Trinajstić information content (AvgIpc) is 3.83. The van der Waals surface area contributed by atoms with E-state index >= 15 is 0 Å². The molecule has 4 aliphatic rings. The number of benzene rings is 3. The van der Waals surface area contributed by atoms with Gasteiger partial charge in [-0.3, -0.25) is 4.90 Å². The molecule has 3 atom stereocenters. The fourth-order valence-corrected chi connectivity index (χ4v) is 11.4. The lowest BCUT2D eigenvalue weighted by Gasteiger charge is -2.35. The number of piperazine rings is 1. The summed E-state index contributed by atoms with van der Waals surface area (Å²) in [5, 5.41) is 12.0. The van der Waals surface area contributed by atoms with E-state index in [2.05, 4.69) is 44.8 Å². The number of aromatic nitrogens is 4.